The summed E-state index contributed by atoms with van der Waals surface area (Å²) in [6, 6.07) is 0. The standard InChI is InChI=1S/C10H11ClN5O5PS/c11-10-15-4-7(12)13-2-14-8(4)16(10)9-5(17)6-3(20-9)1-19-22(18,23)21-6/h2-3,5-6,9,17H,1H2,(H,18,23)(H2,12,13,14)/p-1. The first-order chi connectivity index (χ1) is 10.9. The van der Waals surface area contributed by atoms with E-state index in [0.717, 1.165) is 0 Å². The zero-order valence-electron chi connectivity index (χ0n) is 11.3. The number of aliphatic hydroxyl groups excluding tert-OH is 1. The Morgan fingerprint density at radius 3 is 3.09 bits per heavy atom. The van der Waals surface area contributed by atoms with E-state index >= 15 is 0 Å². The molecule has 0 aromatic carbocycles. The number of imidazole rings is 1. The Labute approximate surface area is 139 Å². The van der Waals surface area contributed by atoms with Crippen molar-refractivity contribution in [3.05, 3.63) is 11.6 Å². The Hall–Kier alpha value is -0.910. The molecule has 2 aliphatic heterocycles. The van der Waals surface area contributed by atoms with Gasteiger partial charge in [0.05, 0.1) is 6.61 Å². The summed E-state index contributed by atoms with van der Waals surface area (Å²) in [4.78, 5) is 23.7. The van der Waals surface area contributed by atoms with Crippen LogP contribution in [0.5, 0.6) is 0 Å². The van der Waals surface area contributed by atoms with E-state index < -0.39 is 31.3 Å². The second-order valence-electron chi connectivity index (χ2n) is 5.05. The van der Waals surface area contributed by atoms with Crippen LogP contribution in [0.15, 0.2) is 6.33 Å². The second-order valence-corrected chi connectivity index (χ2v) is 8.09. The Kier molecular flexibility index (Phi) is 3.59. The van der Waals surface area contributed by atoms with Gasteiger partial charge < -0.3 is 29.5 Å². The average molecular weight is 379 g/mol. The number of ether oxygens (including phenoxy) is 1. The number of nitrogen functional groups attached to an aromatic ring is 1. The van der Waals surface area contributed by atoms with Crippen LogP contribution in [0.1, 0.15) is 6.23 Å². The molecule has 2 aromatic heterocycles. The lowest BCUT2D eigenvalue weighted by Crippen LogP contribution is -2.40. The summed E-state index contributed by atoms with van der Waals surface area (Å²) in [5.74, 6) is 0.148. The quantitative estimate of drug-likeness (QED) is 0.484. The van der Waals surface area contributed by atoms with E-state index in [2.05, 4.69) is 15.0 Å². The fourth-order valence-corrected chi connectivity index (χ4v) is 4.36. The number of nitrogens with two attached hydrogens (primary N) is 1. The molecule has 10 nitrogen and oxygen atoms in total. The van der Waals surface area contributed by atoms with Gasteiger partial charge in [0.15, 0.2) is 23.2 Å². The molecule has 23 heavy (non-hydrogen) atoms. The van der Waals surface area contributed by atoms with Crippen molar-refractivity contribution in [2.24, 2.45) is 0 Å². The van der Waals surface area contributed by atoms with Crippen LogP contribution in [-0.4, -0.2) is 49.5 Å². The van der Waals surface area contributed by atoms with Crippen LogP contribution in [0.3, 0.4) is 0 Å². The van der Waals surface area contributed by atoms with Crippen LogP contribution in [-0.2, 0) is 25.6 Å². The predicted molar refractivity (Wildman–Crippen MR) is 79.8 cm³/mol. The van der Waals surface area contributed by atoms with Gasteiger partial charge in [-0.25, -0.2) is 15.0 Å². The largest absolute Gasteiger partial charge is 0.780 e. The van der Waals surface area contributed by atoms with Crippen LogP contribution < -0.4 is 10.6 Å². The highest BCUT2D eigenvalue weighted by molar-refractivity contribution is 8.06. The Balaban J connectivity index is 1.76. The molecule has 4 heterocycles. The van der Waals surface area contributed by atoms with Gasteiger partial charge in [-0.3, -0.25) is 4.57 Å². The second kappa shape index (κ2) is 5.30. The SMILES string of the molecule is Nc1ncnc2c1nc(Cl)n2C1OC2COP([O-])(=S)OC2C1O. The minimum Gasteiger partial charge on any atom is -0.780 e. The number of fused-ring (bicyclic) bond motifs is 2. The van der Waals surface area contributed by atoms with Gasteiger partial charge in [-0.05, 0) is 11.6 Å². The highest BCUT2D eigenvalue weighted by atomic mass is 35.5. The smallest absolute Gasteiger partial charge is 0.207 e. The maximum absolute atomic E-state index is 11.8. The van der Waals surface area contributed by atoms with Crippen molar-refractivity contribution in [1.29, 1.82) is 0 Å². The van der Waals surface area contributed by atoms with E-state index in [9.17, 15) is 10.00 Å². The summed E-state index contributed by atoms with van der Waals surface area (Å²) in [5.41, 5.74) is 6.33. The molecular formula is C10H10ClN5O5PS-. The van der Waals surface area contributed by atoms with E-state index in [1.54, 1.807) is 0 Å². The highest BCUT2D eigenvalue weighted by Gasteiger charge is 2.50. The van der Waals surface area contributed by atoms with Gasteiger partial charge in [0.2, 0.25) is 5.28 Å². The summed E-state index contributed by atoms with van der Waals surface area (Å²) in [6.07, 6.45) is -2.45. The predicted octanol–water partition coefficient (Wildman–Crippen LogP) is -0.680. The number of aromatic nitrogens is 4. The first-order valence-electron chi connectivity index (χ1n) is 6.49. The molecule has 2 aromatic rings. The van der Waals surface area contributed by atoms with E-state index in [-0.39, 0.29) is 23.2 Å². The van der Waals surface area contributed by atoms with Gasteiger partial charge in [-0.1, -0.05) is 11.8 Å². The van der Waals surface area contributed by atoms with Crippen LogP contribution in [0, 0.1) is 0 Å². The number of anilines is 1. The van der Waals surface area contributed by atoms with Gasteiger partial charge in [0.25, 0.3) is 0 Å². The lowest BCUT2D eigenvalue weighted by atomic mass is 10.1. The highest BCUT2D eigenvalue weighted by Crippen LogP contribution is 2.50. The molecule has 5 unspecified atom stereocenters. The molecule has 4 rings (SSSR count). The molecule has 2 fully saturated rings. The number of hydrogen-bond donors (Lipinski definition) is 2. The molecule has 13 heteroatoms. The molecule has 0 bridgehead atoms. The molecule has 124 valence electrons. The van der Waals surface area contributed by atoms with Crippen molar-refractivity contribution in [2.45, 2.75) is 24.5 Å². The first kappa shape index (κ1) is 15.6. The zero-order chi connectivity index (χ0) is 16.4. The van der Waals surface area contributed by atoms with E-state index in [4.69, 9.17) is 42.9 Å². The molecule has 0 amide bonds. The summed E-state index contributed by atoms with van der Waals surface area (Å²) >= 11 is 10.8. The number of nitrogens with zero attached hydrogens (tertiary/aromatic N) is 4. The number of hydrogen-bond acceptors (Lipinski definition) is 10. The molecule has 0 saturated carbocycles. The van der Waals surface area contributed by atoms with Gasteiger partial charge in [-0.2, -0.15) is 0 Å². The Morgan fingerprint density at radius 1 is 1.52 bits per heavy atom. The van der Waals surface area contributed by atoms with Crippen molar-refractivity contribution in [3.63, 3.8) is 0 Å². The Morgan fingerprint density at radius 2 is 2.30 bits per heavy atom. The molecule has 0 radical (unpaired) electrons. The molecule has 2 aliphatic rings. The van der Waals surface area contributed by atoms with Crippen molar-refractivity contribution < 1.29 is 23.8 Å². The van der Waals surface area contributed by atoms with Gasteiger partial charge >= 0.3 is 0 Å². The molecule has 3 N–H and O–H groups in total. The van der Waals surface area contributed by atoms with E-state index in [1.807, 2.05) is 0 Å². The number of halogens is 1. The normalized spacial score (nSPS) is 37.2. The summed E-state index contributed by atoms with van der Waals surface area (Å²) in [5, 5.41) is 10.5. The van der Waals surface area contributed by atoms with Crippen molar-refractivity contribution in [1.82, 2.24) is 19.5 Å². The monoisotopic (exact) mass is 378 g/mol. The third-order valence-electron chi connectivity index (χ3n) is 3.67. The lowest BCUT2D eigenvalue weighted by molar-refractivity contribution is -0.227. The van der Waals surface area contributed by atoms with E-state index in [0.29, 0.717) is 5.65 Å². The maximum Gasteiger partial charge on any atom is 0.207 e. The average Bonchev–Trinajstić information content (AvgIpc) is 2.97. The molecule has 0 spiro atoms. The molecule has 5 atom stereocenters. The summed E-state index contributed by atoms with van der Waals surface area (Å²) in [7, 11) is 0. The van der Waals surface area contributed by atoms with Crippen LogP contribution in [0.2, 0.25) is 5.28 Å². The fourth-order valence-electron chi connectivity index (χ4n) is 2.67. The fraction of sp³-hybridized carbons (Fsp3) is 0.500. The third kappa shape index (κ3) is 2.44. The van der Waals surface area contributed by atoms with Crippen LogP contribution >= 0.6 is 18.3 Å². The minimum atomic E-state index is -3.63. The van der Waals surface area contributed by atoms with Gasteiger partial charge in [0.1, 0.15) is 31.4 Å². The molecule has 2 saturated heterocycles. The topological polar surface area (TPSA) is 141 Å². The van der Waals surface area contributed by atoms with Gasteiger partial charge in [-0.15, -0.1) is 0 Å². The Bertz CT molecular complexity index is 835. The van der Waals surface area contributed by atoms with Crippen molar-refractivity contribution in [2.75, 3.05) is 12.3 Å². The van der Waals surface area contributed by atoms with E-state index in [1.165, 1.54) is 10.9 Å². The lowest BCUT2D eigenvalue weighted by Gasteiger charge is -2.38. The minimum absolute atomic E-state index is 0.0115. The molecular weight excluding hydrogens is 369 g/mol. The van der Waals surface area contributed by atoms with Crippen LogP contribution in [0.4, 0.5) is 5.82 Å². The first-order valence-corrected chi connectivity index (χ1v) is 9.42. The summed E-state index contributed by atoms with van der Waals surface area (Å²) < 4.78 is 17.2. The van der Waals surface area contributed by atoms with Gasteiger partial charge in [0, 0.05) is 0 Å². The number of rotatable bonds is 1. The summed E-state index contributed by atoms with van der Waals surface area (Å²) in [6.45, 7) is -3.68. The van der Waals surface area contributed by atoms with Crippen molar-refractivity contribution >= 4 is 47.1 Å². The van der Waals surface area contributed by atoms with Crippen molar-refractivity contribution in [3.8, 4) is 0 Å². The zero-order valence-corrected chi connectivity index (χ0v) is 13.7. The molecule has 0 aliphatic carbocycles. The maximum atomic E-state index is 11.8. The van der Waals surface area contributed by atoms with Crippen LogP contribution in [0.25, 0.3) is 11.2 Å². The number of aliphatic hydroxyl groups is 1. The third-order valence-corrected chi connectivity index (χ3v) is 5.48.